The van der Waals surface area contributed by atoms with Gasteiger partial charge in [0.2, 0.25) is 0 Å². The van der Waals surface area contributed by atoms with Gasteiger partial charge in [-0.2, -0.15) is 8.42 Å². The van der Waals surface area contributed by atoms with Gasteiger partial charge in [0.25, 0.3) is 10.0 Å². The molecule has 30 heavy (non-hydrogen) atoms. The number of carbonyl (C=O) groups is 1. The molecule has 0 saturated heterocycles. The van der Waals surface area contributed by atoms with Crippen molar-refractivity contribution < 1.29 is 13.2 Å². The molecular weight excluding hydrogens is 464 g/mol. The molecule has 0 fully saturated rings. The maximum absolute atomic E-state index is 12.9. The van der Waals surface area contributed by atoms with E-state index >= 15 is 0 Å². The van der Waals surface area contributed by atoms with Crippen LogP contribution < -0.4 is 5.32 Å². The molecule has 1 aliphatic heterocycles. The van der Waals surface area contributed by atoms with Gasteiger partial charge in [0.15, 0.2) is 11.6 Å². The highest BCUT2D eigenvalue weighted by atomic mass is 79.9. The summed E-state index contributed by atoms with van der Waals surface area (Å²) in [6.07, 6.45) is 0.711. The van der Waals surface area contributed by atoms with Crippen LogP contribution in [-0.2, 0) is 14.8 Å². The summed E-state index contributed by atoms with van der Waals surface area (Å²) in [5.74, 6) is -0.436. The molecule has 7 heteroatoms. The SMILES string of the molecule is O=C(CCC(c1ccccc1)c1ccccc1)C1=NS(=O)(=O)c2cc(Br)ccc2N1. The van der Waals surface area contributed by atoms with Crippen LogP contribution in [0.4, 0.5) is 5.69 Å². The molecule has 1 aliphatic rings. The number of Topliss-reactive ketones (excluding diaryl/α,β-unsaturated/α-hetero) is 1. The van der Waals surface area contributed by atoms with E-state index in [2.05, 4.69) is 25.6 Å². The smallest absolute Gasteiger partial charge is 0.286 e. The standard InChI is InChI=1S/C23H19BrN2O3S/c24-18-11-13-20-22(15-18)30(28,29)26-23(25-20)21(27)14-12-19(16-7-3-1-4-8-16)17-9-5-2-6-10-17/h1-11,13,15,19H,12,14H2,(H,25,26). The first kappa shape index (κ1) is 20.5. The van der Waals surface area contributed by atoms with Gasteiger partial charge in [-0.1, -0.05) is 76.6 Å². The molecule has 152 valence electrons. The number of hydrogen-bond donors (Lipinski definition) is 1. The number of rotatable bonds is 6. The number of halogens is 1. The monoisotopic (exact) mass is 482 g/mol. The van der Waals surface area contributed by atoms with Crippen molar-refractivity contribution in [2.75, 3.05) is 5.32 Å². The quantitative estimate of drug-likeness (QED) is 0.527. The normalized spacial score (nSPS) is 14.5. The Balaban J connectivity index is 1.56. The molecule has 0 aliphatic carbocycles. The Hall–Kier alpha value is -2.77. The van der Waals surface area contributed by atoms with Crippen molar-refractivity contribution in [2.24, 2.45) is 4.40 Å². The van der Waals surface area contributed by atoms with E-state index < -0.39 is 10.0 Å². The van der Waals surface area contributed by atoms with Crippen LogP contribution in [0.5, 0.6) is 0 Å². The number of nitrogens with zero attached hydrogens (tertiary/aromatic N) is 1. The van der Waals surface area contributed by atoms with Crippen molar-refractivity contribution in [2.45, 2.75) is 23.7 Å². The van der Waals surface area contributed by atoms with Crippen LogP contribution in [0, 0.1) is 0 Å². The largest absolute Gasteiger partial charge is 0.335 e. The summed E-state index contributed by atoms with van der Waals surface area (Å²) in [5, 5.41) is 2.88. The van der Waals surface area contributed by atoms with Gasteiger partial charge in [0.05, 0.1) is 5.69 Å². The summed E-state index contributed by atoms with van der Waals surface area (Å²) < 4.78 is 29.4. The van der Waals surface area contributed by atoms with Crippen LogP contribution in [0.1, 0.15) is 29.9 Å². The van der Waals surface area contributed by atoms with Gasteiger partial charge in [0.1, 0.15) is 4.90 Å². The van der Waals surface area contributed by atoms with E-state index in [1.165, 1.54) is 6.07 Å². The van der Waals surface area contributed by atoms with Crippen molar-refractivity contribution >= 4 is 43.3 Å². The maximum atomic E-state index is 12.9. The van der Waals surface area contributed by atoms with Crippen LogP contribution in [-0.4, -0.2) is 20.0 Å². The number of nitrogens with one attached hydrogen (secondary N) is 1. The number of fused-ring (bicyclic) bond motifs is 1. The third kappa shape index (κ3) is 4.37. The van der Waals surface area contributed by atoms with Gasteiger partial charge in [-0.25, -0.2) is 0 Å². The molecule has 4 rings (SSSR count). The van der Waals surface area contributed by atoms with Crippen LogP contribution in [0.2, 0.25) is 0 Å². The van der Waals surface area contributed by atoms with E-state index in [1.54, 1.807) is 12.1 Å². The first-order valence-corrected chi connectivity index (χ1v) is 11.7. The zero-order chi connectivity index (χ0) is 21.1. The molecule has 0 radical (unpaired) electrons. The number of benzene rings is 3. The van der Waals surface area contributed by atoms with Crippen molar-refractivity contribution in [1.29, 1.82) is 0 Å². The van der Waals surface area contributed by atoms with Crippen molar-refractivity contribution in [3.8, 4) is 0 Å². The van der Waals surface area contributed by atoms with Crippen molar-refractivity contribution in [3.05, 3.63) is 94.5 Å². The minimum absolute atomic E-state index is 0.0281. The van der Waals surface area contributed by atoms with E-state index in [9.17, 15) is 13.2 Å². The predicted molar refractivity (Wildman–Crippen MR) is 121 cm³/mol. The first-order chi connectivity index (χ1) is 14.4. The summed E-state index contributed by atoms with van der Waals surface area (Å²) in [5.41, 5.74) is 2.58. The topological polar surface area (TPSA) is 75.6 Å². The van der Waals surface area contributed by atoms with Gasteiger partial charge >= 0.3 is 0 Å². The Morgan fingerprint density at radius 2 is 1.53 bits per heavy atom. The van der Waals surface area contributed by atoms with E-state index in [-0.39, 0.29) is 28.9 Å². The Bertz CT molecular complexity index is 1170. The molecule has 1 N–H and O–H groups in total. The first-order valence-electron chi connectivity index (χ1n) is 9.49. The lowest BCUT2D eigenvalue weighted by Crippen LogP contribution is -2.29. The van der Waals surface area contributed by atoms with Gasteiger partial charge in [-0.15, -0.1) is 4.40 Å². The number of anilines is 1. The number of carbonyl (C=O) groups excluding carboxylic acids is 1. The van der Waals surface area contributed by atoms with Crippen LogP contribution >= 0.6 is 15.9 Å². The molecule has 0 bridgehead atoms. The second-order valence-corrected chi connectivity index (χ2v) is 9.50. The van der Waals surface area contributed by atoms with Crippen molar-refractivity contribution in [3.63, 3.8) is 0 Å². The molecule has 1 heterocycles. The zero-order valence-corrected chi connectivity index (χ0v) is 18.4. The molecule has 0 unspecified atom stereocenters. The zero-order valence-electron chi connectivity index (χ0n) is 16.0. The molecule has 0 atom stereocenters. The lowest BCUT2D eigenvalue weighted by Gasteiger charge is -2.20. The Kier molecular flexibility index (Phi) is 5.83. The van der Waals surface area contributed by atoms with Gasteiger partial charge in [-0.05, 0) is 35.7 Å². The second-order valence-electron chi connectivity index (χ2n) is 7.02. The Morgan fingerprint density at radius 3 is 2.13 bits per heavy atom. The highest BCUT2D eigenvalue weighted by molar-refractivity contribution is 9.10. The lowest BCUT2D eigenvalue weighted by molar-refractivity contribution is -0.113. The van der Waals surface area contributed by atoms with E-state index in [0.717, 1.165) is 11.1 Å². The molecule has 5 nitrogen and oxygen atoms in total. The highest BCUT2D eigenvalue weighted by Gasteiger charge is 2.28. The molecule has 0 spiro atoms. The predicted octanol–water partition coefficient (Wildman–Crippen LogP) is 5.14. The summed E-state index contributed by atoms with van der Waals surface area (Å²) in [6.45, 7) is 0. The number of ketones is 1. The molecule has 0 amide bonds. The van der Waals surface area contributed by atoms with Gasteiger partial charge < -0.3 is 5.32 Å². The molecule has 0 saturated carbocycles. The average molecular weight is 483 g/mol. The van der Waals surface area contributed by atoms with E-state index in [0.29, 0.717) is 16.6 Å². The van der Waals surface area contributed by atoms with E-state index in [4.69, 9.17) is 0 Å². The average Bonchev–Trinajstić information content (AvgIpc) is 2.75. The second kappa shape index (κ2) is 8.53. The van der Waals surface area contributed by atoms with E-state index in [1.807, 2.05) is 60.7 Å². The summed E-state index contributed by atoms with van der Waals surface area (Å²) in [4.78, 5) is 12.9. The minimum Gasteiger partial charge on any atom is -0.335 e. The van der Waals surface area contributed by atoms with Crippen LogP contribution in [0.3, 0.4) is 0 Å². The third-order valence-electron chi connectivity index (χ3n) is 5.01. The molecular formula is C23H19BrN2O3S. The van der Waals surface area contributed by atoms with Gasteiger partial charge in [0, 0.05) is 16.8 Å². The maximum Gasteiger partial charge on any atom is 0.286 e. The fourth-order valence-electron chi connectivity index (χ4n) is 3.54. The fraction of sp³-hybridized carbons (Fsp3) is 0.130. The number of hydrogen-bond acceptors (Lipinski definition) is 4. The summed E-state index contributed by atoms with van der Waals surface area (Å²) in [6, 6.07) is 24.8. The molecule has 3 aromatic carbocycles. The molecule has 3 aromatic rings. The third-order valence-corrected chi connectivity index (χ3v) is 6.82. The van der Waals surface area contributed by atoms with Crippen LogP contribution in [0.25, 0.3) is 0 Å². The van der Waals surface area contributed by atoms with Gasteiger partial charge in [-0.3, -0.25) is 4.79 Å². The van der Waals surface area contributed by atoms with Crippen LogP contribution in [0.15, 0.2) is 92.6 Å². The number of sulfonamides is 1. The number of amidine groups is 1. The fourth-order valence-corrected chi connectivity index (χ4v) is 5.22. The Labute approximate surface area is 184 Å². The summed E-state index contributed by atoms with van der Waals surface area (Å²) in [7, 11) is -3.93. The molecule has 0 aromatic heterocycles. The summed E-state index contributed by atoms with van der Waals surface area (Å²) >= 11 is 3.26. The lowest BCUT2D eigenvalue weighted by atomic mass is 9.87. The minimum atomic E-state index is -3.93. The Morgan fingerprint density at radius 1 is 0.933 bits per heavy atom. The van der Waals surface area contributed by atoms with Crippen molar-refractivity contribution in [1.82, 2.24) is 0 Å². The highest BCUT2D eigenvalue weighted by Crippen LogP contribution is 2.32.